The van der Waals surface area contributed by atoms with E-state index in [0.717, 1.165) is 17.9 Å². The minimum atomic E-state index is 0.472. The Balaban J connectivity index is 2.73. The third-order valence-corrected chi connectivity index (χ3v) is 2.13. The normalized spacial score (nSPS) is 12.6. The fourth-order valence-electron chi connectivity index (χ4n) is 1.18. The number of hydrogen-bond acceptors (Lipinski definition) is 4. The maximum Gasteiger partial charge on any atom is 0.131 e. The van der Waals surface area contributed by atoms with Gasteiger partial charge in [-0.2, -0.15) is 0 Å². The van der Waals surface area contributed by atoms with Crippen LogP contribution in [-0.4, -0.2) is 30.6 Å². The highest BCUT2D eigenvalue weighted by Gasteiger charge is 2.04. The molecule has 0 saturated carbocycles. The second-order valence-electron chi connectivity index (χ2n) is 3.81. The zero-order valence-electron chi connectivity index (χ0n) is 9.07. The van der Waals surface area contributed by atoms with Crippen LogP contribution >= 0.6 is 0 Å². The first-order valence-corrected chi connectivity index (χ1v) is 4.81. The molecule has 1 aromatic heterocycles. The molecule has 1 atom stereocenters. The molecule has 0 aliphatic heterocycles. The standard InChI is InChI=1S/C10H18N4/c1-8(6-11)4-9-5-10(14(2)3)13-7-12-9/h5,7-8H,4,6,11H2,1-3H3. The summed E-state index contributed by atoms with van der Waals surface area (Å²) in [5.41, 5.74) is 6.62. The summed E-state index contributed by atoms with van der Waals surface area (Å²) in [6.07, 6.45) is 2.52. The van der Waals surface area contributed by atoms with Crippen LogP contribution in [-0.2, 0) is 6.42 Å². The number of aromatic nitrogens is 2. The second-order valence-corrected chi connectivity index (χ2v) is 3.81. The lowest BCUT2D eigenvalue weighted by atomic mass is 10.1. The van der Waals surface area contributed by atoms with Crippen molar-refractivity contribution in [3.8, 4) is 0 Å². The Hall–Kier alpha value is -1.16. The van der Waals surface area contributed by atoms with Gasteiger partial charge in [0.15, 0.2) is 0 Å². The van der Waals surface area contributed by atoms with Crippen molar-refractivity contribution in [2.75, 3.05) is 25.5 Å². The van der Waals surface area contributed by atoms with Gasteiger partial charge in [-0.05, 0) is 18.9 Å². The molecular formula is C10H18N4. The predicted molar refractivity (Wildman–Crippen MR) is 58.3 cm³/mol. The minimum Gasteiger partial charge on any atom is -0.363 e. The molecule has 0 radical (unpaired) electrons. The summed E-state index contributed by atoms with van der Waals surface area (Å²) in [4.78, 5) is 10.3. The molecule has 0 bridgehead atoms. The first-order chi connectivity index (χ1) is 6.63. The summed E-state index contributed by atoms with van der Waals surface area (Å²) in [6.45, 7) is 2.82. The van der Waals surface area contributed by atoms with Gasteiger partial charge in [0.05, 0.1) is 0 Å². The molecule has 2 N–H and O–H groups in total. The Bertz CT molecular complexity index is 285. The van der Waals surface area contributed by atoms with E-state index in [1.54, 1.807) is 6.33 Å². The Kier molecular flexibility index (Phi) is 3.83. The van der Waals surface area contributed by atoms with E-state index in [1.165, 1.54) is 0 Å². The smallest absolute Gasteiger partial charge is 0.131 e. The SMILES string of the molecule is CC(CN)Cc1cc(N(C)C)ncn1. The average molecular weight is 194 g/mol. The first-order valence-electron chi connectivity index (χ1n) is 4.81. The predicted octanol–water partition coefficient (Wildman–Crippen LogP) is 0.680. The van der Waals surface area contributed by atoms with Crippen molar-refractivity contribution < 1.29 is 0 Å². The van der Waals surface area contributed by atoms with Gasteiger partial charge in [0.25, 0.3) is 0 Å². The quantitative estimate of drug-likeness (QED) is 0.766. The molecular weight excluding hydrogens is 176 g/mol. The largest absolute Gasteiger partial charge is 0.363 e. The Morgan fingerprint density at radius 2 is 2.14 bits per heavy atom. The zero-order valence-corrected chi connectivity index (χ0v) is 9.07. The third kappa shape index (κ3) is 2.96. The van der Waals surface area contributed by atoms with Crippen LogP contribution in [0.2, 0.25) is 0 Å². The van der Waals surface area contributed by atoms with E-state index >= 15 is 0 Å². The zero-order chi connectivity index (χ0) is 10.6. The van der Waals surface area contributed by atoms with Crippen molar-refractivity contribution in [1.29, 1.82) is 0 Å². The molecule has 4 nitrogen and oxygen atoms in total. The molecule has 0 fully saturated rings. The van der Waals surface area contributed by atoms with Crippen LogP contribution in [0.1, 0.15) is 12.6 Å². The molecule has 0 saturated heterocycles. The number of nitrogens with two attached hydrogens (primary N) is 1. The van der Waals surface area contributed by atoms with E-state index in [4.69, 9.17) is 5.73 Å². The molecule has 14 heavy (non-hydrogen) atoms. The van der Waals surface area contributed by atoms with E-state index in [-0.39, 0.29) is 0 Å². The first kappa shape index (κ1) is 10.9. The van der Waals surface area contributed by atoms with Gasteiger partial charge in [0.1, 0.15) is 12.1 Å². The Morgan fingerprint density at radius 1 is 1.43 bits per heavy atom. The molecule has 1 aromatic rings. The van der Waals surface area contributed by atoms with E-state index in [1.807, 2.05) is 25.1 Å². The van der Waals surface area contributed by atoms with Gasteiger partial charge in [0, 0.05) is 25.9 Å². The highest BCUT2D eigenvalue weighted by atomic mass is 15.1. The van der Waals surface area contributed by atoms with E-state index in [9.17, 15) is 0 Å². The average Bonchev–Trinajstić information content (AvgIpc) is 2.18. The molecule has 1 heterocycles. The topological polar surface area (TPSA) is 55.0 Å². The van der Waals surface area contributed by atoms with Crippen LogP contribution in [0.3, 0.4) is 0 Å². The lowest BCUT2D eigenvalue weighted by molar-refractivity contribution is 0.583. The molecule has 78 valence electrons. The van der Waals surface area contributed by atoms with Crippen LogP contribution in [0.4, 0.5) is 5.82 Å². The van der Waals surface area contributed by atoms with Crippen molar-refractivity contribution in [2.45, 2.75) is 13.3 Å². The summed E-state index contributed by atoms with van der Waals surface area (Å²) in [5, 5.41) is 0. The molecule has 0 aromatic carbocycles. The Morgan fingerprint density at radius 3 is 2.71 bits per heavy atom. The number of rotatable bonds is 4. The lowest BCUT2D eigenvalue weighted by Gasteiger charge is -2.12. The van der Waals surface area contributed by atoms with Gasteiger partial charge >= 0.3 is 0 Å². The van der Waals surface area contributed by atoms with Gasteiger partial charge in [-0.25, -0.2) is 9.97 Å². The molecule has 0 aliphatic rings. The van der Waals surface area contributed by atoms with Gasteiger partial charge in [-0.1, -0.05) is 6.92 Å². The number of hydrogen-bond donors (Lipinski definition) is 1. The second kappa shape index (κ2) is 4.91. The molecule has 1 rings (SSSR count). The highest BCUT2D eigenvalue weighted by Crippen LogP contribution is 2.10. The lowest BCUT2D eigenvalue weighted by Crippen LogP contribution is -2.15. The molecule has 0 spiro atoms. The summed E-state index contributed by atoms with van der Waals surface area (Å²) in [7, 11) is 3.94. The van der Waals surface area contributed by atoms with E-state index < -0.39 is 0 Å². The van der Waals surface area contributed by atoms with Crippen LogP contribution in [0.25, 0.3) is 0 Å². The maximum atomic E-state index is 5.56. The van der Waals surface area contributed by atoms with Crippen molar-refractivity contribution in [1.82, 2.24) is 9.97 Å². The summed E-state index contributed by atoms with van der Waals surface area (Å²) < 4.78 is 0. The van der Waals surface area contributed by atoms with Gasteiger partial charge in [0.2, 0.25) is 0 Å². The van der Waals surface area contributed by atoms with Crippen LogP contribution < -0.4 is 10.6 Å². The van der Waals surface area contributed by atoms with Gasteiger partial charge < -0.3 is 10.6 Å². The highest BCUT2D eigenvalue weighted by molar-refractivity contribution is 5.36. The third-order valence-electron chi connectivity index (χ3n) is 2.13. The monoisotopic (exact) mass is 194 g/mol. The number of anilines is 1. The van der Waals surface area contributed by atoms with Crippen molar-refractivity contribution in [2.24, 2.45) is 11.7 Å². The van der Waals surface area contributed by atoms with Crippen LogP contribution in [0, 0.1) is 5.92 Å². The van der Waals surface area contributed by atoms with Crippen LogP contribution in [0.5, 0.6) is 0 Å². The minimum absolute atomic E-state index is 0.472. The summed E-state index contributed by atoms with van der Waals surface area (Å²) >= 11 is 0. The van der Waals surface area contributed by atoms with Crippen LogP contribution in [0.15, 0.2) is 12.4 Å². The van der Waals surface area contributed by atoms with Crippen molar-refractivity contribution in [3.05, 3.63) is 18.1 Å². The fraction of sp³-hybridized carbons (Fsp3) is 0.600. The maximum absolute atomic E-state index is 5.56. The molecule has 4 heteroatoms. The molecule has 1 unspecified atom stereocenters. The van der Waals surface area contributed by atoms with Crippen molar-refractivity contribution >= 4 is 5.82 Å². The fourth-order valence-corrected chi connectivity index (χ4v) is 1.18. The van der Waals surface area contributed by atoms with E-state index in [2.05, 4.69) is 16.9 Å². The van der Waals surface area contributed by atoms with Gasteiger partial charge in [-0.3, -0.25) is 0 Å². The summed E-state index contributed by atoms with van der Waals surface area (Å²) in [5.74, 6) is 1.42. The van der Waals surface area contributed by atoms with E-state index in [0.29, 0.717) is 12.5 Å². The Labute approximate surface area is 85.2 Å². The molecule has 0 aliphatic carbocycles. The number of nitrogens with zero attached hydrogens (tertiary/aromatic N) is 3. The van der Waals surface area contributed by atoms with Crippen molar-refractivity contribution in [3.63, 3.8) is 0 Å². The summed E-state index contributed by atoms with van der Waals surface area (Å²) in [6, 6.07) is 2.01. The molecule has 0 amide bonds. The van der Waals surface area contributed by atoms with Gasteiger partial charge in [-0.15, -0.1) is 0 Å².